The smallest absolute Gasteiger partial charge is 0.0948 e. The molecule has 0 heterocycles. The summed E-state index contributed by atoms with van der Waals surface area (Å²) in [7, 11) is 0. The van der Waals surface area contributed by atoms with Crippen molar-refractivity contribution < 1.29 is 5.11 Å². The van der Waals surface area contributed by atoms with E-state index in [4.69, 9.17) is 0 Å². The number of hydrogen-bond acceptors (Lipinski definition) is 2. The molecule has 0 bridgehead atoms. The van der Waals surface area contributed by atoms with Crippen LogP contribution in [0, 0.1) is 0 Å². The second kappa shape index (κ2) is 7.58. The third kappa shape index (κ3) is 3.63. The second-order valence-corrected chi connectivity index (χ2v) is 5.79. The molecule has 2 heteroatoms. The molecule has 2 rings (SSSR count). The Labute approximate surface area is 128 Å². The van der Waals surface area contributed by atoms with Crippen molar-refractivity contribution in [1.29, 1.82) is 0 Å². The number of fused-ring (bicyclic) bond motifs is 1. The van der Waals surface area contributed by atoms with Gasteiger partial charge in [-0.3, -0.25) is 4.90 Å². The van der Waals surface area contributed by atoms with Crippen LogP contribution >= 0.6 is 0 Å². The summed E-state index contributed by atoms with van der Waals surface area (Å²) in [6.07, 6.45) is 1.79. The third-order valence-electron chi connectivity index (χ3n) is 4.20. The quantitative estimate of drug-likeness (QED) is 0.816. The predicted octanol–water partition coefficient (Wildman–Crippen LogP) is 4.38. The first-order chi connectivity index (χ1) is 10.2. The van der Waals surface area contributed by atoms with Gasteiger partial charge in [0.1, 0.15) is 0 Å². The van der Waals surface area contributed by atoms with Crippen molar-refractivity contribution in [3.8, 4) is 0 Å². The molecule has 21 heavy (non-hydrogen) atoms. The Morgan fingerprint density at radius 2 is 1.57 bits per heavy atom. The van der Waals surface area contributed by atoms with E-state index in [-0.39, 0.29) is 6.04 Å². The number of aliphatic hydroxyl groups is 1. The van der Waals surface area contributed by atoms with Crippen molar-refractivity contribution in [3.63, 3.8) is 0 Å². The van der Waals surface area contributed by atoms with Crippen molar-refractivity contribution in [2.75, 3.05) is 13.1 Å². The third-order valence-corrected chi connectivity index (χ3v) is 4.20. The molecule has 2 atom stereocenters. The number of benzene rings is 2. The molecule has 0 unspecified atom stereocenters. The summed E-state index contributed by atoms with van der Waals surface area (Å²) in [4.78, 5) is 2.40. The van der Waals surface area contributed by atoms with E-state index in [2.05, 4.69) is 49.9 Å². The lowest BCUT2D eigenvalue weighted by Crippen LogP contribution is -2.38. The highest BCUT2D eigenvalue weighted by molar-refractivity contribution is 5.86. The Bertz CT molecular complexity index is 555. The molecule has 2 nitrogen and oxygen atoms in total. The first kappa shape index (κ1) is 16.0. The largest absolute Gasteiger partial charge is 0.387 e. The zero-order valence-corrected chi connectivity index (χ0v) is 13.4. The van der Waals surface area contributed by atoms with Crippen molar-refractivity contribution in [1.82, 2.24) is 4.90 Å². The van der Waals surface area contributed by atoms with Crippen molar-refractivity contribution in [2.24, 2.45) is 0 Å². The van der Waals surface area contributed by atoms with Gasteiger partial charge in [0.2, 0.25) is 0 Å². The van der Waals surface area contributed by atoms with E-state index in [1.807, 2.05) is 18.2 Å². The first-order valence-corrected chi connectivity index (χ1v) is 8.08. The Morgan fingerprint density at radius 1 is 0.952 bits per heavy atom. The van der Waals surface area contributed by atoms with Crippen LogP contribution in [-0.4, -0.2) is 29.1 Å². The standard InChI is InChI=1S/C19H27NO/c1-4-13-20(14-5-2)15(3)19(21)18-12-8-10-16-9-6-7-11-17(16)18/h6-12,15,19,21H,4-5,13-14H2,1-3H3/t15-,19+/m0/s1. The van der Waals surface area contributed by atoms with Crippen molar-refractivity contribution in [3.05, 3.63) is 48.0 Å². The Morgan fingerprint density at radius 3 is 2.24 bits per heavy atom. The first-order valence-electron chi connectivity index (χ1n) is 8.08. The predicted molar refractivity (Wildman–Crippen MR) is 90.5 cm³/mol. The fourth-order valence-electron chi connectivity index (χ4n) is 3.06. The van der Waals surface area contributed by atoms with Gasteiger partial charge in [-0.1, -0.05) is 56.3 Å². The van der Waals surface area contributed by atoms with Crippen LogP contribution in [-0.2, 0) is 0 Å². The Hall–Kier alpha value is -1.38. The van der Waals surface area contributed by atoms with Gasteiger partial charge in [0.25, 0.3) is 0 Å². The molecule has 0 fully saturated rings. The summed E-state index contributed by atoms with van der Waals surface area (Å²) in [5.74, 6) is 0. The fourth-order valence-corrected chi connectivity index (χ4v) is 3.06. The lowest BCUT2D eigenvalue weighted by atomic mass is 9.96. The molecule has 0 saturated heterocycles. The molecule has 0 aliphatic carbocycles. The second-order valence-electron chi connectivity index (χ2n) is 5.79. The van der Waals surface area contributed by atoms with Gasteiger partial charge in [-0.15, -0.1) is 0 Å². The molecule has 1 N–H and O–H groups in total. The maximum Gasteiger partial charge on any atom is 0.0948 e. The summed E-state index contributed by atoms with van der Waals surface area (Å²) in [6.45, 7) is 8.60. The minimum absolute atomic E-state index is 0.135. The molecule has 0 radical (unpaired) electrons. The van der Waals surface area contributed by atoms with Crippen LogP contribution in [0.2, 0.25) is 0 Å². The normalized spacial score (nSPS) is 14.5. The summed E-state index contributed by atoms with van der Waals surface area (Å²) in [5, 5.41) is 13.2. The van der Waals surface area contributed by atoms with Crippen LogP contribution in [0.4, 0.5) is 0 Å². The van der Waals surface area contributed by atoms with Crippen LogP contribution < -0.4 is 0 Å². The molecule has 114 valence electrons. The summed E-state index contributed by atoms with van der Waals surface area (Å²) >= 11 is 0. The number of nitrogens with zero attached hydrogens (tertiary/aromatic N) is 1. The molecule has 0 aromatic heterocycles. The Kier molecular flexibility index (Phi) is 5.77. The number of rotatable bonds is 7. The zero-order chi connectivity index (χ0) is 15.2. The zero-order valence-electron chi connectivity index (χ0n) is 13.4. The monoisotopic (exact) mass is 285 g/mol. The van der Waals surface area contributed by atoms with Crippen LogP contribution in [0.3, 0.4) is 0 Å². The van der Waals surface area contributed by atoms with Gasteiger partial charge in [0.15, 0.2) is 0 Å². The minimum atomic E-state index is -0.450. The van der Waals surface area contributed by atoms with Crippen LogP contribution in [0.15, 0.2) is 42.5 Å². The fraction of sp³-hybridized carbons (Fsp3) is 0.474. The van der Waals surface area contributed by atoms with Crippen molar-refractivity contribution in [2.45, 2.75) is 45.8 Å². The van der Waals surface area contributed by atoms with Crippen LogP contribution in [0.5, 0.6) is 0 Å². The minimum Gasteiger partial charge on any atom is -0.387 e. The topological polar surface area (TPSA) is 23.5 Å². The molecular formula is C19H27NO. The van der Waals surface area contributed by atoms with Gasteiger partial charge in [0.05, 0.1) is 6.10 Å². The van der Waals surface area contributed by atoms with Crippen LogP contribution in [0.25, 0.3) is 10.8 Å². The lowest BCUT2D eigenvalue weighted by molar-refractivity contribution is 0.0586. The SMILES string of the molecule is CCCN(CCC)[C@@H](C)[C@@H](O)c1cccc2ccccc12. The molecule has 2 aromatic carbocycles. The van der Waals surface area contributed by atoms with E-state index < -0.39 is 6.10 Å². The molecule has 0 aliphatic heterocycles. The maximum atomic E-state index is 10.9. The molecule has 0 amide bonds. The van der Waals surface area contributed by atoms with E-state index in [9.17, 15) is 5.11 Å². The van der Waals surface area contributed by atoms with E-state index in [1.165, 1.54) is 5.39 Å². The number of aliphatic hydroxyl groups excluding tert-OH is 1. The molecule has 0 saturated carbocycles. The molecule has 0 aliphatic rings. The molecule has 2 aromatic rings. The average Bonchev–Trinajstić information content (AvgIpc) is 2.52. The molecular weight excluding hydrogens is 258 g/mol. The van der Waals surface area contributed by atoms with E-state index >= 15 is 0 Å². The van der Waals surface area contributed by atoms with Gasteiger partial charge in [-0.05, 0) is 49.2 Å². The lowest BCUT2D eigenvalue weighted by Gasteiger charge is -2.32. The average molecular weight is 285 g/mol. The summed E-state index contributed by atoms with van der Waals surface area (Å²) < 4.78 is 0. The van der Waals surface area contributed by atoms with E-state index in [0.29, 0.717) is 0 Å². The van der Waals surface area contributed by atoms with Crippen LogP contribution in [0.1, 0.15) is 45.3 Å². The highest BCUT2D eigenvalue weighted by Crippen LogP contribution is 2.28. The highest BCUT2D eigenvalue weighted by Gasteiger charge is 2.23. The van der Waals surface area contributed by atoms with Gasteiger partial charge in [0, 0.05) is 6.04 Å². The van der Waals surface area contributed by atoms with Gasteiger partial charge >= 0.3 is 0 Å². The maximum absolute atomic E-state index is 10.9. The van der Waals surface area contributed by atoms with E-state index in [0.717, 1.165) is 36.9 Å². The van der Waals surface area contributed by atoms with Crippen molar-refractivity contribution >= 4 is 10.8 Å². The summed E-state index contributed by atoms with van der Waals surface area (Å²) in [6, 6.07) is 14.6. The highest BCUT2D eigenvalue weighted by atomic mass is 16.3. The van der Waals surface area contributed by atoms with Gasteiger partial charge in [-0.2, -0.15) is 0 Å². The Balaban J connectivity index is 2.30. The number of hydrogen-bond donors (Lipinski definition) is 1. The van der Waals surface area contributed by atoms with Gasteiger partial charge < -0.3 is 5.11 Å². The van der Waals surface area contributed by atoms with E-state index in [1.54, 1.807) is 0 Å². The van der Waals surface area contributed by atoms with Gasteiger partial charge in [-0.25, -0.2) is 0 Å². The molecule has 0 spiro atoms. The summed E-state index contributed by atoms with van der Waals surface area (Å²) in [5.41, 5.74) is 1.04.